The highest BCUT2D eigenvalue weighted by molar-refractivity contribution is 7.09. The van der Waals surface area contributed by atoms with E-state index in [0.717, 1.165) is 42.7 Å². The summed E-state index contributed by atoms with van der Waals surface area (Å²) in [5.74, 6) is 0.961. The first kappa shape index (κ1) is 21.1. The fourth-order valence-corrected chi connectivity index (χ4v) is 3.95. The van der Waals surface area contributed by atoms with Crippen molar-refractivity contribution in [2.75, 3.05) is 46.9 Å². The fourth-order valence-electron chi connectivity index (χ4n) is 3.11. The molecule has 0 spiro atoms. The smallest absolute Gasteiger partial charge is 0.194 e. The molecule has 0 saturated carbocycles. The van der Waals surface area contributed by atoms with Gasteiger partial charge in [-0.05, 0) is 59.2 Å². The molecule has 0 amide bonds. The maximum Gasteiger partial charge on any atom is 0.194 e. The summed E-state index contributed by atoms with van der Waals surface area (Å²) in [6.07, 6.45) is 5.17. The van der Waals surface area contributed by atoms with Crippen LogP contribution in [0.15, 0.2) is 10.4 Å². The largest absolute Gasteiger partial charge is 0.375 e. The van der Waals surface area contributed by atoms with Crippen LogP contribution in [0, 0.1) is 0 Å². The van der Waals surface area contributed by atoms with Gasteiger partial charge in [-0.15, -0.1) is 11.3 Å². The van der Waals surface area contributed by atoms with Crippen LogP contribution in [0.1, 0.15) is 56.3 Å². The molecule has 0 radical (unpaired) electrons. The molecule has 1 saturated heterocycles. The molecule has 2 rings (SSSR count). The molecule has 0 aliphatic carbocycles. The highest BCUT2D eigenvalue weighted by Gasteiger charge is 2.13. The minimum absolute atomic E-state index is 0.0524. The highest BCUT2D eigenvalue weighted by atomic mass is 32.1. The minimum Gasteiger partial charge on any atom is -0.375 e. The molecule has 1 atom stereocenters. The fraction of sp³-hybridized carbons (Fsp3) is 0.789. The lowest BCUT2D eigenvalue weighted by molar-refractivity contribution is 0.119. The lowest BCUT2D eigenvalue weighted by Crippen LogP contribution is -2.38. The van der Waals surface area contributed by atoms with Crippen molar-refractivity contribution in [2.24, 2.45) is 4.99 Å². The lowest BCUT2D eigenvalue weighted by Gasteiger charge is -2.21. The zero-order valence-corrected chi connectivity index (χ0v) is 17.6. The molecule has 0 bridgehead atoms. The number of rotatable bonds is 10. The van der Waals surface area contributed by atoms with Gasteiger partial charge in [0, 0.05) is 32.6 Å². The summed E-state index contributed by atoms with van der Waals surface area (Å²) in [5.41, 5.74) is 1.07. The van der Waals surface area contributed by atoms with Crippen molar-refractivity contribution in [3.05, 3.63) is 16.1 Å². The normalized spacial score (nSPS) is 16.8. The van der Waals surface area contributed by atoms with Crippen LogP contribution >= 0.6 is 11.3 Å². The van der Waals surface area contributed by atoms with E-state index in [1.54, 1.807) is 18.4 Å². The Balaban J connectivity index is 1.79. The zero-order valence-electron chi connectivity index (χ0n) is 16.8. The Hall–Kier alpha value is -1.18. The summed E-state index contributed by atoms with van der Waals surface area (Å²) >= 11 is 1.66. The monoisotopic (exact) mass is 381 g/mol. The highest BCUT2D eigenvalue weighted by Crippen LogP contribution is 2.20. The summed E-state index contributed by atoms with van der Waals surface area (Å²) in [4.78, 5) is 14.2. The third kappa shape index (κ3) is 6.85. The first-order valence-corrected chi connectivity index (χ1v) is 10.7. The average Bonchev–Trinajstić information content (AvgIpc) is 3.31. The van der Waals surface area contributed by atoms with Gasteiger partial charge < -0.3 is 19.9 Å². The molecule has 6 nitrogen and oxygen atoms in total. The first-order valence-electron chi connectivity index (χ1n) is 9.83. The molecule has 1 N–H and O–H groups in total. The van der Waals surface area contributed by atoms with Crippen LogP contribution in [0.4, 0.5) is 0 Å². The maximum atomic E-state index is 5.35. The number of nitrogens with zero attached hydrogens (tertiary/aromatic N) is 4. The van der Waals surface area contributed by atoms with Crippen LogP contribution in [-0.2, 0) is 11.3 Å². The Labute approximate surface area is 162 Å². The van der Waals surface area contributed by atoms with E-state index in [1.165, 1.54) is 38.9 Å². The number of ether oxygens (including phenoxy) is 1. The summed E-state index contributed by atoms with van der Waals surface area (Å²) < 4.78 is 5.35. The Morgan fingerprint density at radius 3 is 2.88 bits per heavy atom. The molecule has 1 aliphatic rings. The molecule has 1 unspecified atom stereocenters. The van der Waals surface area contributed by atoms with E-state index in [9.17, 15) is 0 Å². The van der Waals surface area contributed by atoms with Crippen LogP contribution in [0.5, 0.6) is 0 Å². The third-order valence-electron chi connectivity index (χ3n) is 4.71. The van der Waals surface area contributed by atoms with Crippen molar-refractivity contribution in [1.29, 1.82) is 0 Å². The molecule has 2 heterocycles. The lowest BCUT2D eigenvalue weighted by atomic mass is 10.3. The molecular weight excluding hydrogens is 346 g/mol. The number of aliphatic imine (C=N–C) groups is 1. The Kier molecular flexibility index (Phi) is 9.36. The van der Waals surface area contributed by atoms with E-state index < -0.39 is 0 Å². The molecule has 1 aromatic heterocycles. The number of hydrogen-bond donors (Lipinski definition) is 1. The SMILES string of the molecule is CCNC(=NCCCCN1CCCC1)N(C)Cc1csc(C(C)OC)n1. The second-order valence-corrected chi connectivity index (χ2v) is 7.79. The average molecular weight is 382 g/mol. The number of hydrogen-bond acceptors (Lipinski definition) is 5. The minimum atomic E-state index is 0.0524. The van der Waals surface area contributed by atoms with Gasteiger partial charge in [0.15, 0.2) is 5.96 Å². The van der Waals surface area contributed by atoms with Crippen molar-refractivity contribution in [2.45, 2.75) is 52.2 Å². The molecule has 0 aromatic carbocycles. The number of aromatic nitrogens is 1. The summed E-state index contributed by atoms with van der Waals surface area (Å²) in [6, 6.07) is 0. The Morgan fingerprint density at radius 2 is 2.19 bits per heavy atom. The van der Waals surface area contributed by atoms with E-state index in [2.05, 4.69) is 39.5 Å². The van der Waals surface area contributed by atoms with E-state index >= 15 is 0 Å². The van der Waals surface area contributed by atoms with Gasteiger partial charge in [-0.1, -0.05) is 0 Å². The van der Waals surface area contributed by atoms with Gasteiger partial charge in [0.2, 0.25) is 0 Å². The van der Waals surface area contributed by atoms with Gasteiger partial charge in [-0.3, -0.25) is 4.99 Å². The quantitative estimate of drug-likeness (QED) is 0.383. The number of unbranched alkanes of at least 4 members (excludes halogenated alkanes) is 1. The number of guanidine groups is 1. The van der Waals surface area contributed by atoms with Crippen LogP contribution in [0.3, 0.4) is 0 Å². The van der Waals surface area contributed by atoms with Crippen LogP contribution in [0.2, 0.25) is 0 Å². The standard InChI is InChI=1S/C19H35N5OS/c1-5-20-19(21-10-6-7-11-24-12-8-9-13-24)23(3)14-17-15-26-18(22-17)16(2)25-4/h15-16H,5-14H2,1-4H3,(H,20,21). The second kappa shape index (κ2) is 11.5. The number of nitrogens with one attached hydrogen (secondary N) is 1. The van der Waals surface area contributed by atoms with Crippen LogP contribution in [0.25, 0.3) is 0 Å². The van der Waals surface area contributed by atoms with Crippen LogP contribution in [-0.4, -0.2) is 67.6 Å². The van der Waals surface area contributed by atoms with Gasteiger partial charge in [-0.25, -0.2) is 4.98 Å². The molecule has 7 heteroatoms. The van der Waals surface area contributed by atoms with Gasteiger partial charge >= 0.3 is 0 Å². The van der Waals surface area contributed by atoms with Gasteiger partial charge in [0.05, 0.1) is 12.2 Å². The second-order valence-electron chi connectivity index (χ2n) is 6.90. The zero-order chi connectivity index (χ0) is 18.8. The van der Waals surface area contributed by atoms with Gasteiger partial charge in [-0.2, -0.15) is 0 Å². The summed E-state index contributed by atoms with van der Waals surface area (Å²) in [7, 11) is 3.79. The molecule has 1 aliphatic heterocycles. The van der Waals surface area contributed by atoms with Crippen molar-refractivity contribution < 1.29 is 4.74 Å². The van der Waals surface area contributed by atoms with E-state index in [1.807, 2.05) is 6.92 Å². The maximum absolute atomic E-state index is 5.35. The molecule has 1 fully saturated rings. The van der Waals surface area contributed by atoms with Gasteiger partial charge in [0.25, 0.3) is 0 Å². The summed E-state index contributed by atoms with van der Waals surface area (Å²) in [5, 5.41) is 6.53. The van der Waals surface area contributed by atoms with Gasteiger partial charge in [0.1, 0.15) is 11.1 Å². The Bertz CT molecular complexity index is 542. The van der Waals surface area contributed by atoms with Crippen molar-refractivity contribution in [1.82, 2.24) is 20.1 Å². The van der Waals surface area contributed by atoms with E-state index in [0.29, 0.717) is 0 Å². The summed E-state index contributed by atoms with van der Waals surface area (Å²) in [6.45, 7) is 10.4. The van der Waals surface area contributed by atoms with Crippen molar-refractivity contribution >= 4 is 17.3 Å². The van der Waals surface area contributed by atoms with Crippen molar-refractivity contribution in [3.8, 4) is 0 Å². The first-order chi connectivity index (χ1) is 12.6. The molecular formula is C19H35N5OS. The number of thiazole rings is 1. The van der Waals surface area contributed by atoms with Crippen LogP contribution < -0.4 is 5.32 Å². The predicted octanol–water partition coefficient (Wildman–Crippen LogP) is 3.12. The topological polar surface area (TPSA) is 53.0 Å². The van der Waals surface area contributed by atoms with E-state index in [-0.39, 0.29) is 6.10 Å². The molecule has 1 aromatic rings. The predicted molar refractivity (Wildman–Crippen MR) is 110 cm³/mol. The number of likely N-dealkylation sites (tertiary alicyclic amines) is 1. The number of methoxy groups -OCH3 is 1. The van der Waals surface area contributed by atoms with Crippen molar-refractivity contribution in [3.63, 3.8) is 0 Å². The Morgan fingerprint density at radius 1 is 1.42 bits per heavy atom. The molecule has 148 valence electrons. The third-order valence-corrected chi connectivity index (χ3v) is 5.76. The van der Waals surface area contributed by atoms with E-state index in [4.69, 9.17) is 9.73 Å². The molecule has 26 heavy (non-hydrogen) atoms.